The van der Waals surface area contributed by atoms with Crippen LogP contribution in [0.2, 0.25) is 0 Å². The van der Waals surface area contributed by atoms with Crippen molar-refractivity contribution in [1.82, 2.24) is 14.5 Å². The minimum Gasteiger partial charge on any atom is -0.290 e. The summed E-state index contributed by atoms with van der Waals surface area (Å²) in [6, 6.07) is 17.8. The van der Waals surface area contributed by atoms with E-state index in [1.807, 2.05) is 42.5 Å². The second-order valence-corrected chi connectivity index (χ2v) is 7.84. The smallest absolute Gasteiger partial charge is 0.261 e. The molecule has 130 valence electrons. The molecule has 0 aliphatic heterocycles. The molecule has 4 rings (SSSR count). The van der Waals surface area contributed by atoms with Gasteiger partial charge in [-0.3, -0.25) is 9.36 Å². The minimum absolute atomic E-state index is 0.0128. The monoisotopic (exact) mass is 379 g/mol. The molecule has 0 fully saturated rings. The van der Waals surface area contributed by atoms with E-state index in [1.165, 1.54) is 5.56 Å². The van der Waals surface area contributed by atoms with Crippen LogP contribution in [-0.4, -0.2) is 14.5 Å². The van der Waals surface area contributed by atoms with Crippen LogP contribution in [0, 0.1) is 0 Å². The fourth-order valence-corrected chi connectivity index (χ4v) is 4.53. The van der Waals surface area contributed by atoms with E-state index < -0.39 is 0 Å². The molecule has 0 radical (unpaired) electrons. The summed E-state index contributed by atoms with van der Waals surface area (Å²) in [7, 11) is 1.77. The van der Waals surface area contributed by atoms with E-state index >= 15 is 0 Å². The number of rotatable bonds is 5. The van der Waals surface area contributed by atoms with Gasteiger partial charge in [0.25, 0.3) is 5.56 Å². The zero-order chi connectivity index (χ0) is 17.9. The third kappa shape index (κ3) is 3.57. The summed E-state index contributed by atoms with van der Waals surface area (Å²) < 4.78 is 1.62. The molecule has 2 heterocycles. The number of aromatic nitrogens is 3. The molecule has 0 aliphatic rings. The lowest BCUT2D eigenvalue weighted by Gasteiger charge is -2.07. The Morgan fingerprint density at radius 1 is 1.04 bits per heavy atom. The van der Waals surface area contributed by atoms with E-state index in [9.17, 15) is 4.79 Å². The number of hydrogen-bond acceptors (Lipinski definition) is 5. The molecule has 0 atom stereocenters. The van der Waals surface area contributed by atoms with E-state index in [-0.39, 0.29) is 5.56 Å². The second-order valence-electron chi connectivity index (χ2n) is 5.96. The van der Waals surface area contributed by atoms with Gasteiger partial charge in [-0.25, -0.2) is 9.97 Å². The fraction of sp³-hybridized carbons (Fsp3) is 0.150. The molecule has 4 aromatic rings. The summed E-state index contributed by atoms with van der Waals surface area (Å²) in [6.45, 7) is 0. The summed E-state index contributed by atoms with van der Waals surface area (Å²) in [6.07, 6.45) is 0.850. The molecule has 0 spiro atoms. The Balaban J connectivity index is 1.50. The van der Waals surface area contributed by atoms with Crippen molar-refractivity contribution in [2.24, 2.45) is 7.05 Å². The highest BCUT2D eigenvalue weighted by atomic mass is 32.2. The van der Waals surface area contributed by atoms with Crippen LogP contribution in [0.4, 0.5) is 0 Å². The summed E-state index contributed by atoms with van der Waals surface area (Å²) in [4.78, 5) is 21.8. The third-order valence-electron chi connectivity index (χ3n) is 4.09. The summed E-state index contributed by atoms with van der Waals surface area (Å²) >= 11 is 3.22. The molecule has 0 amide bonds. The molecule has 2 aromatic carbocycles. The highest BCUT2D eigenvalue weighted by Gasteiger charge is 2.10. The largest absolute Gasteiger partial charge is 0.290 e. The number of thioether (sulfide) groups is 1. The number of thiazole rings is 1. The molecule has 4 nitrogen and oxygen atoms in total. The van der Waals surface area contributed by atoms with Crippen molar-refractivity contribution in [1.29, 1.82) is 0 Å². The average Bonchev–Trinajstić information content (AvgIpc) is 3.12. The summed E-state index contributed by atoms with van der Waals surface area (Å²) in [5, 5.41) is 4.56. The van der Waals surface area contributed by atoms with Gasteiger partial charge in [0, 0.05) is 24.6 Å². The van der Waals surface area contributed by atoms with Gasteiger partial charge in [0.1, 0.15) is 0 Å². The topological polar surface area (TPSA) is 47.8 Å². The van der Waals surface area contributed by atoms with Crippen LogP contribution in [0.5, 0.6) is 0 Å². The fourth-order valence-electron chi connectivity index (χ4n) is 2.73. The lowest BCUT2D eigenvalue weighted by atomic mass is 10.2. The van der Waals surface area contributed by atoms with Crippen molar-refractivity contribution < 1.29 is 0 Å². The highest BCUT2D eigenvalue weighted by Crippen LogP contribution is 2.23. The van der Waals surface area contributed by atoms with E-state index in [4.69, 9.17) is 4.98 Å². The number of fused-ring (bicyclic) bond motifs is 1. The SMILES string of the molecule is Cn1c(SCc2csc(Cc3ccccc3)n2)nc2ccccc2c1=O. The maximum atomic E-state index is 12.5. The standard InChI is InChI=1S/C20H17N3OS2/c1-23-19(24)16-9-5-6-10-17(16)22-20(23)26-13-15-12-25-18(21-15)11-14-7-3-2-4-8-14/h2-10,12H,11,13H2,1H3. The molecule has 2 aromatic heterocycles. The first-order valence-electron chi connectivity index (χ1n) is 8.26. The number of nitrogens with zero attached hydrogens (tertiary/aromatic N) is 3. The van der Waals surface area contributed by atoms with Crippen molar-refractivity contribution in [3.63, 3.8) is 0 Å². The highest BCUT2D eigenvalue weighted by molar-refractivity contribution is 7.98. The van der Waals surface area contributed by atoms with Gasteiger partial charge in [0.2, 0.25) is 0 Å². The third-order valence-corrected chi connectivity index (χ3v) is 6.05. The average molecular weight is 380 g/mol. The lowest BCUT2D eigenvalue weighted by Crippen LogP contribution is -2.19. The first kappa shape index (κ1) is 17.0. The molecule has 0 N–H and O–H groups in total. The van der Waals surface area contributed by atoms with E-state index in [2.05, 4.69) is 22.5 Å². The van der Waals surface area contributed by atoms with E-state index in [1.54, 1.807) is 34.7 Å². The van der Waals surface area contributed by atoms with Crippen molar-refractivity contribution in [3.8, 4) is 0 Å². The van der Waals surface area contributed by atoms with Gasteiger partial charge in [-0.1, -0.05) is 54.2 Å². The van der Waals surface area contributed by atoms with Gasteiger partial charge in [-0.2, -0.15) is 0 Å². The predicted octanol–water partition coefficient (Wildman–Crippen LogP) is 4.27. The molecule has 0 unspecified atom stereocenters. The van der Waals surface area contributed by atoms with Crippen LogP contribution < -0.4 is 5.56 Å². The van der Waals surface area contributed by atoms with E-state index in [0.717, 1.165) is 22.6 Å². The minimum atomic E-state index is -0.0128. The van der Waals surface area contributed by atoms with Crippen molar-refractivity contribution in [2.75, 3.05) is 0 Å². The van der Waals surface area contributed by atoms with Crippen LogP contribution in [0.1, 0.15) is 16.3 Å². The first-order chi connectivity index (χ1) is 12.7. The van der Waals surface area contributed by atoms with Gasteiger partial charge in [0.15, 0.2) is 5.16 Å². The van der Waals surface area contributed by atoms with Crippen molar-refractivity contribution in [2.45, 2.75) is 17.3 Å². The number of hydrogen-bond donors (Lipinski definition) is 0. The Bertz CT molecular complexity index is 1100. The van der Waals surface area contributed by atoms with Crippen LogP contribution in [0.15, 0.2) is 69.9 Å². The molecule has 0 saturated carbocycles. The lowest BCUT2D eigenvalue weighted by molar-refractivity contribution is 0.726. The Hall–Kier alpha value is -2.44. The predicted molar refractivity (Wildman–Crippen MR) is 108 cm³/mol. The molecule has 0 bridgehead atoms. The summed E-state index contributed by atoms with van der Waals surface area (Å²) in [5.74, 6) is 0.698. The molecular weight excluding hydrogens is 362 g/mol. The maximum absolute atomic E-state index is 12.5. The molecule has 0 aliphatic carbocycles. The zero-order valence-corrected chi connectivity index (χ0v) is 15.9. The van der Waals surface area contributed by atoms with Gasteiger partial charge >= 0.3 is 0 Å². The molecule has 0 saturated heterocycles. The Labute approximate surface area is 159 Å². The van der Waals surface area contributed by atoms with Gasteiger partial charge in [-0.05, 0) is 17.7 Å². The van der Waals surface area contributed by atoms with Crippen LogP contribution in [0.25, 0.3) is 10.9 Å². The van der Waals surface area contributed by atoms with Crippen molar-refractivity contribution >= 4 is 34.0 Å². The summed E-state index contributed by atoms with van der Waals surface area (Å²) in [5.41, 5.74) is 3.01. The molecule has 26 heavy (non-hydrogen) atoms. The maximum Gasteiger partial charge on any atom is 0.261 e. The normalized spacial score (nSPS) is 11.1. The second kappa shape index (κ2) is 7.43. The first-order valence-corrected chi connectivity index (χ1v) is 10.1. The van der Waals surface area contributed by atoms with Gasteiger partial charge in [-0.15, -0.1) is 11.3 Å². The van der Waals surface area contributed by atoms with Crippen LogP contribution in [0.3, 0.4) is 0 Å². The van der Waals surface area contributed by atoms with Crippen LogP contribution in [-0.2, 0) is 19.2 Å². The molecular formula is C20H17N3OS2. The molecule has 6 heteroatoms. The van der Waals surface area contributed by atoms with Gasteiger partial charge in [0.05, 0.1) is 21.6 Å². The van der Waals surface area contributed by atoms with Crippen molar-refractivity contribution in [3.05, 3.63) is 86.6 Å². The Morgan fingerprint density at radius 3 is 2.65 bits per heavy atom. The van der Waals surface area contributed by atoms with Crippen LogP contribution >= 0.6 is 23.1 Å². The quantitative estimate of drug-likeness (QED) is 0.384. The Kier molecular flexibility index (Phi) is 4.86. The van der Waals surface area contributed by atoms with E-state index in [0.29, 0.717) is 16.3 Å². The number of benzene rings is 2. The van der Waals surface area contributed by atoms with Gasteiger partial charge < -0.3 is 0 Å². The number of para-hydroxylation sites is 1. The zero-order valence-electron chi connectivity index (χ0n) is 14.3. The Morgan fingerprint density at radius 2 is 1.81 bits per heavy atom.